The molecule has 1 amide bonds. The zero-order chi connectivity index (χ0) is 20.8. The lowest BCUT2D eigenvalue weighted by molar-refractivity contribution is -0.384. The summed E-state index contributed by atoms with van der Waals surface area (Å²) in [5.41, 5.74) is 3.70. The van der Waals surface area contributed by atoms with Crippen LogP contribution in [0.4, 0.5) is 11.4 Å². The lowest BCUT2D eigenvalue weighted by atomic mass is 10.1. The summed E-state index contributed by atoms with van der Waals surface area (Å²) in [6, 6.07) is 9.83. The molecule has 2 aromatic rings. The minimum absolute atomic E-state index is 0.0158. The molecule has 148 valence electrons. The first kappa shape index (κ1) is 21.4. The highest BCUT2D eigenvalue weighted by Gasteiger charge is 2.18. The van der Waals surface area contributed by atoms with Crippen molar-refractivity contribution in [2.45, 2.75) is 37.8 Å². The maximum Gasteiger partial charge on any atom is 0.319 e. The standard InChI is InChI=1S/C20H22N2O5S/c1-12-9-13(2)19(14(3)10-12)21-18(23)11-27-20(24)15(4)28-17-7-5-16(6-8-17)22(25)26/h5-10,15H,11H2,1-4H3,(H,21,23)/t15-/m1/s1. The van der Waals surface area contributed by atoms with Crippen LogP contribution in [0.2, 0.25) is 0 Å². The molecule has 0 saturated heterocycles. The maximum atomic E-state index is 12.1. The minimum Gasteiger partial charge on any atom is -0.455 e. The lowest BCUT2D eigenvalue weighted by Crippen LogP contribution is -2.25. The van der Waals surface area contributed by atoms with Crippen molar-refractivity contribution in [2.75, 3.05) is 11.9 Å². The second-order valence-electron chi connectivity index (χ2n) is 6.44. The van der Waals surface area contributed by atoms with Crippen LogP contribution in [-0.4, -0.2) is 28.7 Å². The Morgan fingerprint density at radius 1 is 1.14 bits per heavy atom. The predicted octanol–water partition coefficient (Wildman–Crippen LogP) is 4.18. The zero-order valence-electron chi connectivity index (χ0n) is 16.1. The molecule has 0 aliphatic carbocycles. The molecule has 28 heavy (non-hydrogen) atoms. The van der Waals surface area contributed by atoms with Gasteiger partial charge < -0.3 is 10.1 Å². The Bertz CT molecular complexity index is 873. The van der Waals surface area contributed by atoms with Gasteiger partial charge in [0.2, 0.25) is 0 Å². The smallest absolute Gasteiger partial charge is 0.319 e. The number of nitrogens with one attached hydrogen (secondary N) is 1. The van der Waals surface area contributed by atoms with Gasteiger partial charge in [0.15, 0.2) is 6.61 Å². The van der Waals surface area contributed by atoms with Gasteiger partial charge in [-0.2, -0.15) is 0 Å². The van der Waals surface area contributed by atoms with Crippen molar-refractivity contribution < 1.29 is 19.2 Å². The summed E-state index contributed by atoms with van der Waals surface area (Å²) in [7, 11) is 0. The van der Waals surface area contributed by atoms with Crippen LogP contribution < -0.4 is 5.32 Å². The molecule has 1 atom stereocenters. The number of esters is 1. The van der Waals surface area contributed by atoms with E-state index in [4.69, 9.17) is 4.74 Å². The number of anilines is 1. The first-order valence-corrected chi connectivity index (χ1v) is 9.50. The normalized spacial score (nSPS) is 11.6. The van der Waals surface area contributed by atoms with Crippen LogP contribution >= 0.6 is 11.8 Å². The quantitative estimate of drug-likeness (QED) is 0.323. The fraction of sp³-hybridized carbons (Fsp3) is 0.300. The Labute approximate surface area is 167 Å². The van der Waals surface area contributed by atoms with Gasteiger partial charge in [-0.3, -0.25) is 19.7 Å². The molecule has 0 spiro atoms. The van der Waals surface area contributed by atoms with Gasteiger partial charge in [-0.05, 0) is 51.0 Å². The molecule has 0 aliphatic heterocycles. The molecule has 0 saturated carbocycles. The third-order valence-electron chi connectivity index (χ3n) is 3.98. The van der Waals surface area contributed by atoms with Gasteiger partial charge in [-0.25, -0.2) is 0 Å². The number of aryl methyl sites for hydroxylation is 3. The third kappa shape index (κ3) is 5.82. The van der Waals surface area contributed by atoms with E-state index >= 15 is 0 Å². The van der Waals surface area contributed by atoms with Crippen LogP contribution in [0.3, 0.4) is 0 Å². The number of hydrogen-bond acceptors (Lipinski definition) is 6. The van der Waals surface area contributed by atoms with Gasteiger partial charge in [0.1, 0.15) is 5.25 Å². The number of ether oxygens (including phenoxy) is 1. The van der Waals surface area contributed by atoms with Crippen molar-refractivity contribution in [3.8, 4) is 0 Å². The summed E-state index contributed by atoms with van der Waals surface area (Å²) >= 11 is 1.21. The second-order valence-corrected chi connectivity index (χ2v) is 7.85. The number of carbonyl (C=O) groups excluding carboxylic acids is 2. The number of amides is 1. The van der Waals surface area contributed by atoms with Crippen molar-refractivity contribution in [3.63, 3.8) is 0 Å². The van der Waals surface area contributed by atoms with Crippen LogP contribution in [0.25, 0.3) is 0 Å². The topological polar surface area (TPSA) is 98.5 Å². The number of benzene rings is 2. The average Bonchev–Trinajstić information content (AvgIpc) is 2.63. The SMILES string of the molecule is Cc1cc(C)c(NC(=O)COC(=O)[C@@H](C)Sc2ccc([N+](=O)[O-])cc2)c(C)c1. The van der Waals surface area contributed by atoms with E-state index in [1.807, 2.05) is 32.9 Å². The van der Waals surface area contributed by atoms with Gasteiger partial charge in [0, 0.05) is 22.7 Å². The largest absolute Gasteiger partial charge is 0.455 e. The highest BCUT2D eigenvalue weighted by atomic mass is 32.2. The highest BCUT2D eigenvalue weighted by Crippen LogP contribution is 2.26. The Kier molecular flexibility index (Phi) is 7.17. The van der Waals surface area contributed by atoms with Gasteiger partial charge >= 0.3 is 5.97 Å². The first-order valence-electron chi connectivity index (χ1n) is 8.63. The van der Waals surface area contributed by atoms with Crippen LogP contribution in [0.1, 0.15) is 23.6 Å². The molecule has 0 aromatic heterocycles. The van der Waals surface area contributed by atoms with Crippen molar-refractivity contribution in [1.82, 2.24) is 0 Å². The predicted molar refractivity (Wildman–Crippen MR) is 109 cm³/mol. The van der Waals surface area contributed by atoms with E-state index in [-0.39, 0.29) is 12.3 Å². The van der Waals surface area contributed by atoms with Crippen molar-refractivity contribution in [2.24, 2.45) is 0 Å². The second kappa shape index (κ2) is 9.36. The van der Waals surface area contributed by atoms with Crippen LogP contribution in [-0.2, 0) is 14.3 Å². The number of hydrogen-bond donors (Lipinski definition) is 1. The Morgan fingerprint density at radius 3 is 2.25 bits per heavy atom. The molecule has 0 aliphatic rings. The molecule has 0 radical (unpaired) electrons. The van der Waals surface area contributed by atoms with Gasteiger partial charge in [0.25, 0.3) is 11.6 Å². The molecule has 2 rings (SSSR count). The van der Waals surface area contributed by atoms with Gasteiger partial charge in [-0.1, -0.05) is 17.7 Å². The summed E-state index contributed by atoms with van der Waals surface area (Å²) in [4.78, 5) is 35.1. The highest BCUT2D eigenvalue weighted by molar-refractivity contribution is 8.00. The summed E-state index contributed by atoms with van der Waals surface area (Å²) in [6.45, 7) is 7.07. The van der Waals surface area contributed by atoms with E-state index < -0.39 is 22.0 Å². The maximum absolute atomic E-state index is 12.1. The average molecular weight is 402 g/mol. The zero-order valence-corrected chi connectivity index (χ0v) is 17.0. The van der Waals surface area contributed by atoms with E-state index in [2.05, 4.69) is 5.32 Å². The van der Waals surface area contributed by atoms with Crippen molar-refractivity contribution >= 4 is 35.0 Å². The summed E-state index contributed by atoms with van der Waals surface area (Å²) in [5.74, 6) is -0.938. The molecule has 8 heteroatoms. The number of thioether (sulfide) groups is 1. The van der Waals surface area contributed by atoms with Crippen LogP contribution in [0.5, 0.6) is 0 Å². The number of carbonyl (C=O) groups is 2. The number of nitrogens with zero attached hydrogens (tertiary/aromatic N) is 1. The molecule has 0 heterocycles. The van der Waals surface area contributed by atoms with Gasteiger partial charge in [0.05, 0.1) is 4.92 Å². The summed E-state index contributed by atoms with van der Waals surface area (Å²) in [6.07, 6.45) is 0. The number of rotatable bonds is 7. The number of nitro benzene ring substituents is 1. The summed E-state index contributed by atoms with van der Waals surface area (Å²) < 4.78 is 5.10. The van der Waals surface area contributed by atoms with Crippen molar-refractivity contribution in [3.05, 3.63) is 63.2 Å². The molecular formula is C20H22N2O5S. The molecule has 0 bridgehead atoms. The third-order valence-corrected chi connectivity index (χ3v) is 5.07. The molecule has 0 unspecified atom stereocenters. The summed E-state index contributed by atoms with van der Waals surface area (Å²) in [5, 5.41) is 12.9. The molecular weight excluding hydrogens is 380 g/mol. The Hall–Kier alpha value is -2.87. The van der Waals surface area contributed by atoms with E-state index in [1.54, 1.807) is 19.1 Å². The number of nitro groups is 1. The number of non-ortho nitro benzene ring substituents is 1. The van der Waals surface area contributed by atoms with E-state index in [1.165, 1.54) is 23.9 Å². The lowest BCUT2D eigenvalue weighted by Gasteiger charge is -2.14. The Balaban J connectivity index is 1.87. The monoisotopic (exact) mass is 402 g/mol. The fourth-order valence-corrected chi connectivity index (χ4v) is 3.57. The van der Waals surface area contributed by atoms with Crippen LogP contribution in [0, 0.1) is 30.9 Å². The minimum atomic E-state index is -0.558. The van der Waals surface area contributed by atoms with Gasteiger partial charge in [-0.15, -0.1) is 11.8 Å². The molecule has 7 nitrogen and oxygen atoms in total. The molecule has 2 aromatic carbocycles. The van der Waals surface area contributed by atoms with Crippen LogP contribution in [0.15, 0.2) is 41.3 Å². The Morgan fingerprint density at radius 2 is 1.71 bits per heavy atom. The van der Waals surface area contributed by atoms with E-state index in [0.29, 0.717) is 4.90 Å². The van der Waals surface area contributed by atoms with E-state index in [9.17, 15) is 19.7 Å². The first-order chi connectivity index (χ1) is 13.2. The molecule has 1 N–H and O–H groups in total. The van der Waals surface area contributed by atoms with Crippen molar-refractivity contribution in [1.29, 1.82) is 0 Å². The van der Waals surface area contributed by atoms with E-state index in [0.717, 1.165) is 22.4 Å². The fourth-order valence-electron chi connectivity index (χ4n) is 2.71. The molecule has 0 fully saturated rings.